The second kappa shape index (κ2) is 8.35. The standard InChI is InChI=1S/C19H19N3O3S/c1-23-16-9-5-4-8-14(16)15-12-26-19(21-15)22-20-11-13-7-6-10-17(24-2)18(13)25-3/h4-12H,1-3H3,(H,21,22)/b20-11-. The fourth-order valence-electron chi connectivity index (χ4n) is 2.48. The van der Waals surface area contributed by atoms with Crippen LogP contribution in [-0.2, 0) is 0 Å². The number of thiazole rings is 1. The van der Waals surface area contributed by atoms with Crippen molar-refractivity contribution in [2.24, 2.45) is 5.10 Å². The van der Waals surface area contributed by atoms with Crippen molar-refractivity contribution in [3.05, 3.63) is 53.4 Å². The fourth-order valence-corrected chi connectivity index (χ4v) is 3.14. The highest BCUT2D eigenvalue weighted by atomic mass is 32.1. The Bertz CT molecular complexity index is 909. The summed E-state index contributed by atoms with van der Waals surface area (Å²) in [6.07, 6.45) is 1.67. The summed E-state index contributed by atoms with van der Waals surface area (Å²) in [4.78, 5) is 4.55. The number of nitrogens with zero attached hydrogens (tertiary/aromatic N) is 2. The zero-order chi connectivity index (χ0) is 18.4. The molecule has 0 amide bonds. The number of methoxy groups -OCH3 is 3. The maximum Gasteiger partial charge on any atom is 0.203 e. The lowest BCUT2D eigenvalue weighted by Crippen LogP contribution is -1.96. The lowest BCUT2D eigenvalue weighted by atomic mass is 10.1. The minimum Gasteiger partial charge on any atom is -0.496 e. The molecule has 1 aromatic heterocycles. The molecular formula is C19H19N3O3S. The highest BCUT2D eigenvalue weighted by Gasteiger charge is 2.10. The van der Waals surface area contributed by atoms with E-state index in [2.05, 4.69) is 15.5 Å². The van der Waals surface area contributed by atoms with Gasteiger partial charge in [0.25, 0.3) is 0 Å². The molecule has 2 aromatic carbocycles. The van der Waals surface area contributed by atoms with E-state index < -0.39 is 0 Å². The molecule has 0 saturated heterocycles. The zero-order valence-corrected chi connectivity index (χ0v) is 15.5. The third-order valence-electron chi connectivity index (χ3n) is 3.68. The maximum absolute atomic E-state index is 5.39. The molecule has 0 atom stereocenters. The van der Waals surface area contributed by atoms with Crippen LogP contribution in [0.1, 0.15) is 5.56 Å². The molecule has 3 rings (SSSR count). The first-order chi connectivity index (χ1) is 12.8. The van der Waals surface area contributed by atoms with E-state index in [0.717, 1.165) is 22.6 Å². The van der Waals surface area contributed by atoms with E-state index in [4.69, 9.17) is 14.2 Å². The highest BCUT2D eigenvalue weighted by Crippen LogP contribution is 2.32. The van der Waals surface area contributed by atoms with Gasteiger partial charge < -0.3 is 14.2 Å². The molecule has 134 valence electrons. The molecule has 0 unspecified atom stereocenters. The quantitative estimate of drug-likeness (QED) is 0.497. The molecule has 6 nitrogen and oxygen atoms in total. The number of rotatable bonds is 7. The Hall–Kier alpha value is -3.06. The van der Waals surface area contributed by atoms with Crippen molar-refractivity contribution >= 4 is 22.7 Å². The van der Waals surface area contributed by atoms with Gasteiger partial charge in [-0.15, -0.1) is 11.3 Å². The van der Waals surface area contributed by atoms with Gasteiger partial charge >= 0.3 is 0 Å². The third kappa shape index (κ3) is 3.78. The van der Waals surface area contributed by atoms with Crippen molar-refractivity contribution < 1.29 is 14.2 Å². The minimum absolute atomic E-state index is 0.634. The Kier molecular flexibility index (Phi) is 5.70. The van der Waals surface area contributed by atoms with Gasteiger partial charge in [-0.2, -0.15) is 5.10 Å². The number of aromatic nitrogens is 1. The Morgan fingerprint density at radius 1 is 0.962 bits per heavy atom. The van der Waals surface area contributed by atoms with Crippen LogP contribution in [0.2, 0.25) is 0 Å². The number of para-hydroxylation sites is 2. The first-order valence-corrected chi connectivity index (χ1v) is 8.73. The molecular weight excluding hydrogens is 350 g/mol. The summed E-state index contributed by atoms with van der Waals surface area (Å²) in [5, 5.41) is 6.90. The molecule has 0 saturated carbocycles. The lowest BCUT2D eigenvalue weighted by molar-refractivity contribution is 0.354. The van der Waals surface area contributed by atoms with Crippen LogP contribution in [0, 0.1) is 0 Å². The van der Waals surface area contributed by atoms with Crippen LogP contribution in [0.15, 0.2) is 52.9 Å². The van der Waals surface area contributed by atoms with Crippen LogP contribution in [0.25, 0.3) is 11.3 Å². The van der Waals surface area contributed by atoms with Crippen LogP contribution in [0.5, 0.6) is 17.2 Å². The van der Waals surface area contributed by atoms with E-state index in [9.17, 15) is 0 Å². The van der Waals surface area contributed by atoms with Gasteiger partial charge in [0.2, 0.25) is 5.13 Å². The van der Waals surface area contributed by atoms with Crippen LogP contribution in [0.4, 0.5) is 5.13 Å². The fraction of sp³-hybridized carbons (Fsp3) is 0.158. The van der Waals surface area contributed by atoms with Gasteiger partial charge in [0.15, 0.2) is 11.5 Å². The number of hydrogen-bond donors (Lipinski definition) is 1. The first-order valence-electron chi connectivity index (χ1n) is 7.85. The largest absolute Gasteiger partial charge is 0.496 e. The van der Waals surface area contributed by atoms with E-state index in [-0.39, 0.29) is 0 Å². The summed E-state index contributed by atoms with van der Waals surface area (Å²) >= 11 is 1.47. The van der Waals surface area contributed by atoms with Gasteiger partial charge in [0, 0.05) is 16.5 Å². The second-order valence-electron chi connectivity index (χ2n) is 5.19. The highest BCUT2D eigenvalue weighted by molar-refractivity contribution is 7.14. The van der Waals surface area contributed by atoms with Crippen molar-refractivity contribution in [2.75, 3.05) is 26.8 Å². The topological polar surface area (TPSA) is 65.0 Å². The lowest BCUT2D eigenvalue weighted by Gasteiger charge is -2.09. The number of hydrogen-bond acceptors (Lipinski definition) is 7. The number of hydrazone groups is 1. The molecule has 7 heteroatoms. The summed E-state index contributed by atoms with van der Waals surface area (Å²) in [5.74, 6) is 2.08. The van der Waals surface area contributed by atoms with Crippen molar-refractivity contribution in [1.82, 2.24) is 4.98 Å². The monoisotopic (exact) mass is 369 g/mol. The van der Waals surface area contributed by atoms with E-state index in [1.807, 2.05) is 47.8 Å². The zero-order valence-electron chi connectivity index (χ0n) is 14.7. The number of nitrogens with one attached hydrogen (secondary N) is 1. The number of benzene rings is 2. The Morgan fingerprint density at radius 3 is 2.50 bits per heavy atom. The smallest absolute Gasteiger partial charge is 0.203 e. The summed E-state index contributed by atoms with van der Waals surface area (Å²) in [6.45, 7) is 0. The number of anilines is 1. The summed E-state index contributed by atoms with van der Waals surface area (Å²) < 4.78 is 16.1. The van der Waals surface area contributed by atoms with Crippen molar-refractivity contribution in [3.63, 3.8) is 0 Å². The average molecular weight is 369 g/mol. The molecule has 0 bridgehead atoms. The van der Waals surface area contributed by atoms with Crippen molar-refractivity contribution in [2.45, 2.75) is 0 Å². The average Bonchev–Trinajstić information content (AvgIpc) is 3.16. The van der Waals surface area contributed by atoms with Crippen LogP contribution in [0.3, 0.4) is 0 Å². The van der Waals surface area contributed by atoms with Gasteiger partial charge in [0.05, 0.1) is 33.2 Å². The molecule has 1 N–H and O–H groups in total. The van der Waals surface area contributed by atoms with Gasteiger partial charge in [-0.05, 0) is 24.3 Å². The van der Waals surface area contributed by atoms with Gasteiger partial charge in [-0.3, -0.25) is 5.43 Å². The predicted molar refractivity (Wildman–Crippen MR) is 105 cm³/mol. The SMILES string of the molecule is COc1ccccc1-c1csc(N/N=C\c2cccc(OC)c2OC)n1. The molecule has 26 heavy (non-hydrogen) atoms. The molecule has 0 aliphatic carbocycles. The first kappa shape index (κ1) is 17.8. The summed E-state index contributed by atoms with van der Waals surface area (Å²) in [5.41, 5.74) is 5.54. The van der Waals surface area contributed by atoms with E-state index >= 15 is 0 Å². The summed E-state index contributed by atoms with van der Waals surface area (Å²) in [6, 6.07) is 13.4. The van der Waals surface area contributed by atoms with Gasteiger partial charge in [-0.1, -0.05) is 18.2 Å². The van der Waals surface area contributed by atoms with Gasteiger partial charge in [0.1, 0.15) is 5.75 Å². The van der Waals surface area contributed by atoms with Crippen LogP contribution >= 0.6 is 11.3 Å². The molecule has 0 aliphatic rings. The Balaban J connectivity index is 1.76. The molecule has 0 radical (unpaired) electrons. The summed E-state index contributed by atoms with van der Waals surface area (Å²) in [7, 11) is 4.85. The van der Waals surface area contributed by atoms with E-state index in [1.54, 1.807) is 27.5 Å². The Morgan fingerprint density at radius 2 is 1.73 bits per heavy atom. The Labute approximate surface area is 156 Å². The molecule has 0 fully saturated rings. The third-order valence-corrected chi connectivity index (χ3v) is 4.43. The van der Waals surface area contributed by atoms with Crippen LogP contribution < -0.4 is 19.6 Å². The molecule has 1 heterocycles. The van der Waals surface area contributed by atoms with Crippen LogP contribution in [-0.4, -0.2) is 32.5 Å². The minimum atomic E-state index is 0.634. The number of ether oxygens (including phenoxy) is 3. The van der Waals surface area contributed by atoms with Crippen molar-refractivity contribution in [3.8, 4) is 28.5 Å². The molecule has 0 aliphatic heterocycles. The van der Waals surface area contributed by atoms with E-state index in [1.165, 1.54) is 11.3 Å². The molecule has 0 spiro atoms. The van der Waals surface area contributed by atoms with Gasteiger partial charge in [-0.25, -0.2) is 4.98 Å². The predicted octanol–water partition coefficient (Wildman–Crippen LogP) is 4.28. The second-order valence-corrected chi connectivity index (χ2v) is 6.05. The normalized spacial score (nSPS) is 10.7. The molecule has 3 aromatic rings. The van der Waals surface area contributed by atoms with E-state index in [0.29, 0.717) is 16.6 Å². The maximum atomic E-state index is 5.39. The van der Waals surface area contributed by atoms with Crippen molar-refractivity contribution in [1.29, 1.82) is 0 Å².